The van der Waals surface area contributed by atoms with E-state index in [1.807, 2.05) is 30.3 Å². The van der Waals surface area contributed by atoms with Crippen molar-refractivity contribution in [2.24, 2.45) is 0 Å². The van der Waals surface area contributed by atoms with E-state index in [0.29, 0.717) is 19.8 Å². The summed E-state index contributed by atoms with van der Waals surface area (Å²) in [7, 11) is 1.55. The van der Waals surface area contributed by atoms with Crippen molar-refractivity contribution in [1.82, 2.24) is 10.6 Å². The number of benzene rings is 1. The van der Waals surface area contributed by atoms with Crippen LogP contribution in [0.2, 0.25) is 0 Å². The summed E-state index contributed by atoms with van der Waals surface area (Å²) in [6.07, 6.45) is -1.22. The largest absolute Gasteiger partial charge is 0.444 e. The average Bonchev–Trinajstić information content (AvgIpc) is 2.57. The van der Waals surface area contributed by atoms with Gasteiger partial charge in [0, 0.05) is 13.7 Å². The van der Waals surface area contributed by atoms with E-state index in [1.54, 1.807) is 34.8 Å². The Balaban J connectivity index is 2.71. The summed E-state index contributed by atoms with van der Waals surface area (Å²) in [4.78, 5) is 24.5. The number of rotatable bonds is 9. The molecule has 0 aromatic heterocycles. The van der Waals surface area contributed by atoms with Crippen LogP contribution in [0.25, 0.3) is 0 Å². The molecule has 0 aliphatic carbocycles. The Morgan fingerprint density at radius 2 is 1.81 bits per heavy atom. The molecular weight excluding hydrogens is 336 g/mol. The minimum atomic E-state index is -0.884. The monoisotopic (exact) mass is 366 g/mol. The highest BCUT2D eigenvalue weighted by Crippen LogP contribution is 2.10. The van der Waals surface area contributed by atoms with Crippen LogP contribution in [0.5, 0.6) is 0 Å². The first-order valence-electron chi connectivity index (χ1n) is 8.64. The van der Waals surface area contributed by atoms with Crippen LogP contribution < -0.4 is 10.6 Å². The summed E-state index contributed by atoms with van der Waals surface area (Å²) in [5.74, 6) is -0.353. The predicted molar refractivity (Wildman–Crippen MR) is 98.7 cm³/mol. The highest BCUT2D eigenvalue weighted by molar-refractivity contribution is 5.86. The number of hydrogen-bond acceptors (Lipinski definition) is 5. The molecule has 0 spiro atoms. The summed E-state index contributed by atoms with van der Waals surface area (Å²) in [6.45, 7) is 8.07. The molecule has 0 unspecified atom stereocenters. The molecular formula is C19H30N2O5. The molecule has 2 N–H and O–H groups in total. The zero-order valence-electron chi connectivity index (χ0n) is 16.2. The van der Waals surface area contributed by atoms with E-state index in [0.717, 1.165) is 5.56 Å². The number of nitrogens with one attached hydrogen (secondary N) is 2. The van der Waals surface area contributed by atoms with Gasteiger partial charge in [0.15, 0.2) is 0 Å². The van der Waals surface area contributed by atoms with Crippen molar-refractivity contribution < 1.29 is 23.8 Å². The van der Waals surface area contributed by atoms with Gasteiger partial charge in [0.2, 0.25) is 5.91 Å². The third-order valence-electron chi connectivity index (χ3n) is 3.39. The van der Waals surface area contributed by atoms with E-state index in [4.69, 9.17) is 14.2 Å². The van der Waals surface area contributed by atoms with Crippen molar-refractivity contribution in [3.8, 4) is 0 Å². The molecule has 0 aliphatic heterocycles. The number of alkyl carbamates (subject to hydrolysis) is 1. The van der Waals surface area contributed by atoms with Crippen molar-refractivity contribution in [3.63, 3.8) is 0 Å². The van der Waals surface area contributed by atoms with E-state index in [1.165, 1.54) is 0 Å². The third kappa shape index (κ3) is 8.82. The van der Waals surface area contributed by atoms with E-state index in [2.05, 4.69) is 10.6 Å². The van der Waals surface area contributed by atoms with Gasteiger partial charge < -0.3 is 24.8 Å². The standard InChI is InChI=1S/C19H30N2O5/c1-14(25-13-15-9-7-6-8-10-15)16(17(22)20-11-12-24-5)21-18(23)26-19(2,3)4/h6-10,14,16H,11-13H2,1-5H3,(H,20,22)(H,21,23)/t14-,16+/m0/s1. The molecule has 7 heteroatoms. The van der Waals surface area contributed by atoms with Gasteiger partial charge in [0.25, 0.3) is 0 Å². The summed E-state index contributed by atoms with van der Waals surface area (Å²) in [6, 6.07) is 8.73. The zero-order chi connectivity index (χ0) is 19.6. The molecule has 0 radical (unpaired) electrons. The molecule has 1 aromatic carbocycles. The lowest BCUT2D eigenvalue weighted by Crippen LogP contribution is -2.54. The van der Waals surface area contributed by atoms with Crippen molar-refractivity contribution in [3.05, 3.63) is 35.9 Å². The summed E-state index contributed by atoms with van der Waals surface area (Å²) < 4.78 is 16.0. The summed E-state index contributed by atoms with van der Waals surface area (Å²) >= 11 is 0. The van der Waals surface area contributed by atoms with Crippen LogP contribution in [0.4, 0.5) is 4.79 Å². The first-order valence-corrected chi connectivity index (χ1v) is 8.64. The van der Waals surface area contributed by atoms with Crippen LogP contribution >= 0.6 is 0 Å². The molecule has 0 saturated heterocycles. The topological polar surface area (TPSA) is 85.9 Å². The Hall–Kier alpha value is -2.12. The first-order chi connectivity index (χ1) is 12.2. The molecule has 1 rings (SSSR count). The number of ether oxygens (including phenoxy) is 3. The number of hydrogen-bond donors (Lipinski definition) is 2. The average molecular weight is 366 g/mol. The lowest BCUT2D eigenvalue weighted by Gasteiger charge is -2.27. The molecule has 7 nitrogen and oxygen atoms in total. The zero-order valence-corrected chi connectivity index (χ0v) is 16.2. The fourth-order valence-electron chi connectivity index (χ4n) is 2.11. The Morgan fingerprint density at radius 1 is 1.15 bits per heavy atom. The highest BCUT2D eigenvalue weighted by atomic mass is 16.6. The predicted octanol–water partition coefficient (Wildman–Crippen LogP) is 2.25. The van der Waals surface area contributed by atoms with Gasteiger partial charge in [0.05, 0.1) is 19.3 Å². The molecule has 0 aliphatic rings. The van der Waals surface area contributed by atoms with Crippen molar-refractivity contribution in [1.29, 1.82) is 0 Å². The molecule has 26 heavy (non-hydrogen) atoms. The Morgan fingerprint density at radius 3 is 2.38 bits per heavy atom. The number of carbonyl (C=O) groups is 2. The highest BCUT2D eigenvalue weighted by Gasteiger charge is 2.29. The van der Waals surface area contributed by atoms with Gasteiger partial charge in [-0.2, -0.15) is 0 Å². The van der Waals surface area contributed by atoms with E-state index in [-0.39, 0.29) is 5.91 Å². The second kappa shape index (κ2) is 10.8. The lowest BCUT2D eigenvalue weighted by atomic mass is 10.1. The van der Waals surface area contributed by atoms with Gasteiger partial charge in [-0.1, -0.05) is 30.3 Å². The maximum atomic E-state index is 12.5. The second-order valence-electron chi connectivity index (χ2n) is 6.91. The molecule has 0 heterocycles. The molecule has 0 saturated carbocycles. The van der Waals surface area contributed by atoms with Crippen LogP contribution in [-0.2, 0) is 25.6 Å². The Kier molecular flexibility index (Phi) is 9.09. The van der Waals surface area contributed by atoms with Crippen LogP contribution in [0.3, 0.4) is 0 Å². The Bertz CT molecular complexity index is 557. The number of carbonyl (C=O) groups excluding carboxylic acids is 2. The maximum absolute atomic E-state index is 12.5. The minimum Gasteiger partial charge on any atom is -0.444 e. The fourth-order valence-corrected chi connectivity index (χ4v) is 2.11. The van der Waals surface area contributed by atoms with Crippen molar-refractivity contribution >= 4 is 12.0 Å². The number of amides is 2. The van der Waals surface area contributed by atoms with Crippen LogP contribution in [0.1, 0.15) is 33.3 Å². The Labute approximate surface area is 155 Å². The van der Waals surface area contributed by atoms with E-state index < -0.39 is 23.8 Å². The SMILES string of the molecule is COCCNC(=O)[C@H](NC(=O)OC(C)(C)C)[C@H](C)OCc1ccccc1. The molecule has 1 aromatic rings. The molecule has 2 amide bonds. The van der Waals surface area contributed by atoms with Gasteiger partial charge in [-0.15, -0.1) is 0 Å². The maximum Gasteiger partial charge on any atom is 0.408 e. The molecule has 146 valence electrons. The molecule has 2 atom stereocenters. The van der Waals surface area contributed by atoms with E-state index in [9.17, 15) is 9.59 Å². The quantitative estimate of drug-likeness (QED) is 0.655. The van der Waals surface area contributed by atoms with Gasteiger partial charge in [-0.25, -0.2) is 4.79 Å². The van der Waals surface area contributed by atoms with Crippen molar-refractivity contribution in [2.75, 3.05) is 20.3 Å². The van der Waals surface area contributed by atoms with Gasteiger partial charge >= 0.3 is 6.09 Å². The fraction of sp³-hybridized carbons (Fsp3) is 0.579. The normalized spacial score (nSPS) is 13.6. The van der Waals surface area contributed by atoms with Gasteiger partial charge in [0.1, 0.15) is 11.6 Å². The van der Waals surface area contributed by atoms with Crippen molar-refractivity contribution in [2.45, 2.75) is 52.0 Å². The summed E-state index contributed by atoms with van der Waals surface area (Å²) in [5, 5.41) is 5.31. The summed E-state index contributed by atoms with van der Waals surface area (Å²) in [5.41, 5.74) is 0.324. The second-order valence-corrected chi connectivity index (χ2v) is 6.91. The van der Waals surface area contributed by atoms with Gasteiger partial charge in [-0.05, 0) is 33.3 Å². The van der Waals surface area contributed by atoms with Crippen LogP contribution in [0.15, 0.2) is 30.3 Å². The smallest absolute Gasteiger partial charge is 0.408 e. The van der Waals surface area contributed by atoms with Gasteiger partial charge in [-0.3, -0.25) is 4.79 Å². The van der Waals surface area contributed by atoms with Crippen LogP contribution in [0, 0.1) is 0 Å². The number of methoxy groups -OCH3 is 1. The third-order valence-corrected chi connectivity index (χ3v) is 3.39. The first kappa shape index (κ1) is 21.9. The molecule has 0 fully saturated rings. The molecule has 0 bridgehead atoms. The lowest BCUT2D eigenvalue weighted by molar-refractivity contribution is -0.127. The van der Waals surface area contributed by atoms with E-state index >= 15 is 0 Å². The minimum absolute atomic E-state index is 0.333. The van der Waals surface area contributed by atoms with Crippen LogP contribution in [-0.4, -0.2) is 50.0 Å².